The zero-order valence-corrected chi connectivity index (χ0v) is 12.7. The van der Waals surface area contributed by atoms with Crippen LogP contribution in [0.3, 0.4) is 0 Å². The molecule has 0 aromatic heterocycles. The van der Waals surface area contributed by atoms with E-state index in [1.165, 1.54) is 57.3 Å². The molecule has 3 heteroatoms. The highest BCUT2D eigenvalue weighted by Crippen LogP contribution is 2.46. The van der Waals surface area contributed by atoms with Crippen LogP contribution in [-0.4, -0.2) is 13.1 Å². The highest BCUT2D eigenvalue weighted by molar-refractivity contribution is 9.10. The first kappa shape index (κ1) is 13.0. The van der Waals surface area contributed by atoms with Crippen molar-refractivity contribution in [3.05, 3.63) is 28.2 Å². The van der Waals surface area contributed by atoms with Gasteiger partial charge >= 0.3 is 0 Å². The summed E-state index contributed by atoms with van der Waals surface area (Å²) < 4.78 is 0.911. The number of rotatable bonds is 1. The molecule has 1 aliphatic carbocycles. The minimum absolute atomic E-state index is 0.667. The van der Waals surface area contributed by atoms with Gasteiger partial charge in [-0.05, 0) is 65.2 Å². The zero-order chi connectivity index (χ0) is 13.3. The van der Waals surface area contributed by atoms with E-state index >= 15 is 0 Å². The third-order valence-electron chi connectivity index (χ3n) is 4.93. The molecule has 0 N–H and O–H groups in total. The topological polar surface area (TPSA) is 27.0 Å². The summed E-state index contributed by atoms with van der Waals surface area (Å²) in [6.45, 7) is 2.33. The Morgan fingerprint density at radius 3 is 2.37 bits per heavy atom. The lowest BCUT2D eigenvalue weighted by molar-refractivity contribution is 0.226. The van der Waals surface area contributed by atoms with Gasteiger partial charge < -0.3 is 4.90 Å². The third-order valence-corrected chi connectivity index (χ3v) is 5.58. The normalized spacial score (nSPS) is 21.6. The highest BCUT2D eigenvalue weighted by Gasteiger charge is 2.36. The molecule has 3 rings (SSSR count). The van der Waals surface area contributed by atoms with Gasteiger partial charge in [0.1, 0.15) is 6.07 Å². The summed E-state index contributed by atoms with van der Waals surface area (Å²) in [6.07, 6.45) is 8.43. The molecule has 2 aliphatic rings. The molecule has 1 spiro atoms. The van der Waals surface area contributed by atoms with Crippen LogP contribution in [0.4, 0.5) is 5.69 Å². The van der Waals surface area contributed by atoms with Crippen LogP contribution in [0.25, 0.3) is 0 Å². The molecule has 1 saturated carbocycles. The molecular weight excluding hydrogens is 300 g/mol. The van der Waals surface area contributed by atoms with Gasteiger partial charge in [-0.15, -0.1) is 0 Å². The van der Waals surface area contributed by atoms with Gasteiger partial charge in [-0.25, -0.2) is 0 Å². The number of piperidine rings is 1. The molecule has 1 saturated heterocycles. The Balaban J connectivity index is 1.71. The Hall–Kier alpha value is -1.01. The maximum absolute atomic E-state index is 8.97. The molecule has 0 unspecified atom stereocenters. The number of benzene rings is 1. The van der Waals surface area contributed by atoms with E-state index in [9.17, 15) is 0 Å². The molecule has 1 heterocycles. The Kier molecular flexibility index (Phi) is 3.54. The fourth-order valence-corrected chi connectivity index (χ4v) is 4.11. The van der Waals surface area contributed by atoms with Crippen LogP contribution >= 0.6 is 15.9 Å². The number of hydrogen-bond donors (Lipinski definition) is 0. The second-order valence-electron chi connectivity index (χ2n) is 5.97. The second-order valence-corrected chi connectivity index (χ2v) is 6.82. The summed E-state index contributed by atoms with van der Waals surface area (Å²) >= 11 is 3.48. The van der Waals surface area contributed by atoms with Crippen LogP contribution in [0, 0.1) is 16.7 Å². The number of hydrogen-bond acceptors (Lipinski definition) is 2. The quantitative estimate of drug-likeness (QED) is 0.763. The SMILES string of the molecule is N#Cc1ccc(N2CCC3(CCCC3)CC2)cc1Br. The molecule has 1 aliphatic heterocycles. The van der Waals surface area contributed by atoms with Crippen molar-refractivity contribution in [2.45, 2.75) is 38.5 Å². The van der Waals surface area contributed by atoms with Gasteiger partial charge in [0.2, 0.25) is 0 Å². The van der Waals surface area contributed by atoms with Gasteiger partial charge in [-0.3, -0.25) is 0 Å². The zero-order valence-electron chi connectivity index (χ0n) is 11.2. The monoisotopic (exact) mass is 318 g/mol. The molecule has 1 aromatic carbocycles. The Bertz CT molecular complexity index is 502. The average Bonchev–Trinajstić information content (AvgIpc) is 2.88. The Morgan fingerprint density at radius 1 is 1.11 bits per heavy atom. The predicted molar refractivity (Wildman–Crippen MR) is 81.2 cm³/mol. The molecule has 2 fully saturated rings. The summed E-state index contributed by atoms with van der Waals surface area (Å²) in [5.41, 5.74) is 2.63. The molecule has 2 nitrogen and oxygen atoms in total. The van der Waals surface area contributed by atoms with Crippen molar-refractivity contribution in [2.75, 3.05) is 18.0 Å². The number of nitrogens with zero attached hydrogens (tertiary/aromatic N) is 2. The summed E-state index contributed by atoms with van der Waals surface area (Å²) in [4.78, 5) is 2.47. The Labute approximate surface area is 123 Å². The first-order chi connectivity index (χ1) is 9.22. The van der Waals surface area contributed by atoms with Crippen LogP contribution in [0.15, 0.2) is 22.7 Å². The number of halogens is 1. The fraction of sp³-hybridized carbons (Fsp3) is 0.562. The number of nitriles is 1. The average molecular weight is 319 g/mol. The lowest BCUT2D eigenvalue weighted by Gasteiger charge is -2.40. The van der Waals surface area contributed by atoms with Gasteiger partial charge in [-0.1, -0.05) is 12.8 Å². The highest BCUT2D eigenvalue weighted by atomic mass is 79.9. The van der Waals surface area contributed by atoms with Crippen LogP contribution in [0.2, 0.25) is 0 Å². The van der Waals surface area contributed by atoms with Crippen LogP contribution in [0.5, 0.6) is 0 Å². The van der Waals surface area contributed by atoms with Gasteiger partial charge in [0, 0.05) is 23.2 Å². The molecular formula is C16H19BrN2. The van der Waals surface area contributed by atoms with Crippen molar-refractivity contribution in [3.63, 3.8) is 0 Å². The van der Waals surface area contributed by atoms with Gasteiger partial charge in [-0.2, -0.15) is 5.26 Å². The van der Waals surface area contributed by atoms with Gasteiger partial charge in [0.05, 0.1) is 5.56 Å². The fourth-order valence-electron chi connectivity index (χ4n) is 3.66. The van der Waals surface area contributed by atoms with Crippen molar-refractivity contribution in [1.82, 2.24) is 0 Å². The van der Waals surface area contributed by atoms with Crippen LogP contribution in [-0.2, 0) is 0 Å². The van der Waals surface area contributed by atoms with Crippen molar-refractivity contribution in [2.24, 2.45) is 5.41 Å². The lowest BCUT2D eigenvalue weighted by atomic mass is 9.77. The molecule has 0 bridgehead atoms. The largest absolute Gasteiger partial charge is 0.371 e. The molecule has 0 atom stereocenters. The van der Waals surface area contributed by atoms with E-state index in [2.05, 4.69) is 39.0 Å². The van der Waals surface area contributed by atoms with E-state index < -0.39 is 0 Å². The van der Waals surface area contributed by atoms with Crippen molar-refractivity contribution >= 4 is 21.6 Å². The van der Waals surface area contributed by atoms with E-state index in [4.69, 9.17) is 5.26 Å². The van der Waals surface area contributed by atoms with E-state index in [0.29, 0.717) is 11.0 Å². The standard InChI is InChI=1S/C16H19BrN2/c17-15-11-14(4-3-13(15)12-18)19-9-7-16(8-10-19)5-1-2-6-16/h3-4,11H,1-2,5-10H2. The lowest BCUT2D eigenvalue weighted by Crippen LogP contribution is -2.38. The minimum atomic E-state index is 0.667. The molecule has 0 amide bonds. The smallest absolute Gasteiger partial charge is 0.100 e. The molecule has 100 valence electrons. The van der Waals surface area contributed by atoms with E-state index in [1.54, 1.807) is 0 Å². The van der Waals surface area contributed by atoms with E-state index in [1.807, 2.05) is 6.07 Å². The summed E-state index contributed by atoms with van der Waals surface area (Å²) in [5.74, 6) is 0. The molecule has 19 heavy (non-hydrogen) atoms. The first-order valence-electron chi connectivity index (χ1n) is 7.17. The maximum atomic E-state index is 8.97. The van der Waals surface area contributed by atoms with Gasteiger partial charge in [0.25, 0.3) is 0 Å². The predicted octanol–water partition coefficient (Wildman–Crippen LogP) is 4.48. The molecule has 1 aromatic rings. The second kappa shape index (κ2) is 5.17. The summed E-state index contributed by atoms with van der Waals surface area (Å²) in [5, 5.41) is 8.97. The number of anilines is 1. The van der Waals surface area contributed by atoms with Crippen LogP contribution in [0.1, 0.15) is 44.1 Å². The maximum Gasteiger partial charge on any atom is 0.100 e. The van der Waals surface area contributed by atoms with Gasteiger partial charge in [0.15, 0.2) is 0 Å². The summed E-state index contributed by atoms with van der Waals surface area (Å²) in [7, 11) is 0. The third kappa shape index (κ3) is 2.51. The van der Waals surface area contributed by atoms with Crippen molar-refractivity contribution < 1.29 is 0 Å². The Morgan fingerprint density at radius 2 is 1.79 bits per heavy atom. The first-order valence-corrected chi connectivity index (χ1v) is 7.96. The van der Waals surface area contributed by atoms with E-state index in [0.717, 1.165) is 4.47 Å². The van der Waals surface area contributed by atoms with Crippen LogP contribution < -0.4 is 4.90 Å². The van der Waals surface area contributed by atoms with Crippen molar-refractivity contribution in [3.8, 4) is 6.07 Å². The summed E-state index contributed by atoms with van der Waals surface area (Å²) in [6, 6.07) is 8.28. The van der Waals surface area contributed by atoms with Crippen molar-refractivity contribution in [1.29, 1.82) is 5.26 Å². The minimum Gasteiger partial charge on any atom is -0.371 e. The van der Waals surface area contributed by atoms with E-state index in [-0.39, 0.29) is 0 Å². The molecule has 0 radical (unpaired) electrons.